The van der Waals surface area contributed by atoms with Gasteiger partial charge >= 0.3 is 0 Å². The molecule has 5 heteroatoms. The van der Waals surface area contributed by atoms with E-state index < -0.39 is 0 Å². The first-order valence-corrected chi connectivity index (χ1v) is 6.91. The van der Waals surface area contributed by atoms with Gasteiger partial charge < -0.3 is 11.5 Å². The van der Waals surface area contributed by atoms with E-state index in [9.17, 15) is 4.79 Å². The van der Waals surface area contributed by atoms with Crippen LogP contribution in [0.15, 0.2) is 52.6 Å². The zero-order valence-electron chi connectivity index (χ0n) is 13.1. The van der Waals surface area contributed by atoms with Crippen molar-refractivity contribution in [2.45, 2.75) is 33.6 Å². The summed E-state index contributed by atoms with van der Waals surface area (Å²) < 4.78 is 0. The molecule has 116 valence electrons. The molecule has 0 saturated heterocycles. The Morgan fingerprint density at radius 3 is 2.10 bits per heavy atom. The second-order valence-corrected chi connectivity index (χ2v) is 3.54. The van der Waals surface area contributed by atoms with Gasteiger partial charge in [-0.15, -0.1) is 0 Å². The lowest BCUT2D eigenvalue weighted by Crippen LogP contribution is -1.98. The van der Waals surface area contributed by atoms with Gasteiger partial charge in [0.05, 0.1) is 12.7 Å². The van der Waals surface area contributed by atoms with E-state index >= 15 is 0 Å². The van der Waals surface area contributed by atoms with Gasteiger partial charge in [0.25, 0.3) is 5.91 Å². The van der Waals surface area contributed by atoms with Gasteiger partial charge in [-0.3, -0.25) is 4.79 Å². The van der Waals surface area contributed by atoms with Crippen molar-refractivity contribution in [3.05, 3.63) is 48.2 Å². The minimum Gasteiger partial charge on any atom is -0.390 e. The fourth-order valence-electron chi connectivity index (χ4n) is 1.18. The molecule has 4 N–H and O–H groups in total. The van der Waals surface area contributed by atoms with Gasteiger partial charge in [0.1, 0.15) is 0 Å². The molecule has 21 heavy (non-hydrogen) atoms. The van der Waals surface area contributed by atoms with Crippen molar-refractivity contribution in [1.29, 1.82) is 0 Å². The number of benzene rings is 1. The first-order chi connectivity index (χ1) is 10.2. The number of rotatable bonds is 4. The molecule has 0 unspecified atom stereocenters. The predicted octanol–water partition coefficient (Wildman–Crippen LogP) is 3.13. The Labute approximate surface area is 127 Å². The summed E-state index contributed by atoms with van der Waals surface area (Å²) in [4.78, 5) is 18.1. The molecule has 0 heterocycles. The number of amides is 1. The summed E-state index contributed by atoms with van der Waals surface area (Å²) in [5.74, 6) is -0.312. The van der Waals surface area contributed by atoms with Crippen LogP contribution in [0.3, 0.4) is 0 Å². The average Bonchev–Trinajstić information content (AvgIpc) is 2.52. The fraction of sp³-hybridized carbons (Fsp3) is 0.312. The van der Waals surface area contributed by atoms with E-state index in [0.29, 0.717) is 5.56 Å². The second kappa shape index (κ2) is 15.6. The third-order valence-corrected chi connectivity index (χ3v) is 2.01. The number of allylic oxidation sites excluding steroid dienone is 1. The summed E-state index contributed by atoms with van der Waals surface area (Å²) in [6.07, 6.45) is 4.29. The molecule has 1 rings (SSSR count). The highest BCUT2D eigenvalue weighted by atomic mass is 16.1. The van der Waals surface area contributed by atoms with Crippen molar-refractivity contribution in [3.8, 4) is 0 Å². The third kappa shape index (κ3) is 12.4. The largest absolute Gasteiger partial charge is 0.390 e. The Hall–Kier alpha value is -2.43. The van der Waals surface area contributed by atoms with Gasteiger partial charge in [-0.1, -0.05) is 52.0 Å². The molecular formula is C16H26N4O. The van der Waals surface area contributed by atoms with Crippen molar-refractivity contribution < 1.29 is 4.79 Å². The second-order valence-electron chi connectivity index (χ2n) is 3.54. The smallest absolute Gasteiger partial charge is 0.278 e. The number of aliphatic imine (C=N–C) groups is 2. The Morgan fingerprint density at radius 2 is 1.67 bits per heavy atom. The highest BCUT2D eigenvalue weighted by molar-refractivity contribution is 5.98. The van der Waals surface area contributed by atoms with E-state index in [1.807, 2.05) is 19.9 Å². The van der Waals surface area contributed by atoms with Crippen molar-refractivity contribution >= 4 is 18.6 Å². The van der Waals surface area contributed by atoms with Crippen LogP contribution in [0, 0.1) is 0 Å². The monoisotopic (exact) mass is 290 g/mol. The average molecular weight is 290 g/mol. The molecule has 0 fully saturated rings. The topological polar surface area (TPSA) is 93.8 Å². The molecule has 0 aliphatic rings. The minimum absolute atomic E-state index is 0.312. The third-order valence-electron chi connectivity index (χ3n) is 2.01. The molecule has 1 amide bonds. The first-order valence-electron chi connectivity index (χ1n) is 6.91. The maximum Gasteiger partial charge on any atom is 0.278 e. The van der Waals surface area contributed by atoms with E-state index in [1.54, 1.807) is 24.3 Å². The molecule has 0 saturated carbocycles. The maximum atomic E-state index is 11.0. The standard InChI is InChI=1S/C8H8N2O.C6H12N2.C2H6/c9-6-10-8(11)7-4-2-1-3-5-7;1-3-4-6(2)8-5-7;1-2/h1-6H,(H2,9,10,11);5H,2-4H2,1H3,(H2,7,8);1-2H3. The van der Waals surface area contributed by atoms with Crippen LogP contribution >= 0.6 is 0 Å². The molecule has 0 atom stereocenters. The Bertz CT molecular complexity index is 439. The summed E-state index contributed by atoms with van der Waals surface area (Å²) in [5.41, 5.74) is 11.4. The molecule has 0 aromatic heterocycles. The van der Waals surface area contributed by atoms with Gasteiger partial charge in [-0.25, -0.2) is 4.99 Å². The minimum atomic E-state index is -0.312. The fourth-order valence-corrected chi connectivity index (χ4v) is 1.18. The zero-order chi connectivity index (χ0) is 16.5. The Morgan fingerprint density at radius 1 is 1.14 bits per heavy atom. The van der Waals surface area contributed by atoms with Crippen molar-refractivity contribution in [3.63, 3.8) is 0 Å². The molecule has 1 aromatic rings. The highest BCUT2D eigenvalue weighted by Crippen LogP contribution is 2.00. The van der Waals surface area contributed by atoms with Gasteiger partial charge in [0.2, 0.25) is 0 Å². The van der Waals surface area contributed by atoms with Crippen molar-refractivity contribution in [1.82, 2.24) is 0 Å². The lowest BCUT2D eigenvalue weighted by atomic mass is 10.2. The van der Waals surface area contributed by atoms with E-state index in [1.165, 1.54) is 6.34 Å². The lowest BCUT2D eigenvalue weighted by Gasteiger charge is -1.90. The number of hydrogen-bond donors (Lipinski definition) is 2. The molecule has 0 radical (unpaired) electrons. The number of nitrogens with two attached hydrogens (primary N) is 2. The van der Waals surface area contributed by atoms with Crippen LogP contribution in [0.25, 0.3) is 0 Å². The molecule has 5 nitrogen and oxygen atoms in total. The molecular weight excluding hydrogens is 264 g/mol. The van der Waals surface area contributed by atoms with Gasteiger partial charge in [-0.2, -0.15) is 4.99 Å². The summed E-state index contributed by atoms with van der Waals surface area (Å²) in [6, 6.07) is 8.77. The Balaban J connectivity index is 0. The van der Waals surface area contributed by atoms with Gasteiger partial charge in [0.15, 0.2) is 0 Å². The number of carbonyl (C=O) groups excluding carboxylic acids is 1. The van der Waals surface area contributed by atoms with Crippen LogP contribution in [0.1, 0.15) is 44.0 Å². The molecule has 0 aliphatic carbocycles. The first kappa shape index (κ1) is 20.9. The predicted molar refractivity (Wildman–Crippen MR) is 91.5 cm³/mol. The quantitative estimate of drug-likeness (QED) is 0.659. The summed E-state index contributed by atoms with van der Waals surface area (Å²) in [6.45, 7) is 9.74. The highest BCUT2D eigenvalue weighted by Gasteiger charge is 1.98. The SMILES string of the molecule is C=C(CCC)N=CN.CC.NC=NC(=O)c1ccccc1. The summed E-state index contributed by atoms with van der Waals surface area (Å²) in [7, 11) is 0. The molecule has 0 bridgehead atoms. The molecule has 0 spiro atoms. The number of nitrogens with zero attached hydrogens (tertiary/aromatic N) is 2. The molecule has 0 aliphatic heterocycles. The van der Waals surface area contributed by atoms with Crippen LogP contribution in [0.4, 0.5) is 0 Å². The van der Waals surface area contributed by atoms with E-state index in [4.69, 9.17) is 11.5 Å². The lowest BCUT2D eigenvalue weighted by molar-refractivity contribution is 0.100. The van der Waals surface area contributed by atoms with Crippen molar-refractivity contribution in [2.24, 2.45) is 21.5 Å². The number of hydrogen-bond acceptors (Lipinski definition) is 2. The van der Waals surface area contributed by atoms with Crippen LogP contribution in [-0.2, 0) is 0 Å². The molecule has 1 aromatic carbocycles. The zero-order valence-corrected chi connectivity index (χ0v) is 13.1. The normalized spacial score (nSPS) is 9.48. The van der Waals surface area contributed by atoms with Crippen LogP contribution in [-0.4, -0.2) is 18.6 Å². The van der Waals surface area contributed by atoms with Crippen LogP contribution < -0.4 is 11.5 Å². The van der Waals surface area contributed by atoms with E-state index in [0.717, 1.165) is 24.9 Å². The summed E-state index contributed by atoms with van der Waals surface area (Å²) in [5, 5.41) is 0. The van der Waals surface area contributed by atoms with Crippen LogP contribution in [0.2, 0.25) is 0 Å². The number of carbonyl (C=O) groups is 1. The van der Waals surface area contributed by atoms with Gasteiger partial charge in [0, 0.05) is 11.3 Å². The Kier molecular flexibility index (Phi) is 15.5. The summed E-state index contributed by atoms with van der Waals surface area (Å²) >= 11 is 0. The van der Waals surface area contributed by atoms with E-state index in [-0.39, 0.29) is 5.91 Å². The van der Waals surface area contributed by atoms with Gasteiger partial charge in [-0.05, 0) is 18.6 Å². The van der Waals surface area contributed by atoms with E-state index in [2.05, 4.69) is 23.5 Å². The van der Waals surface area contributed by atoms with Crippen molar-refractivity contribution in [2.75, 3.05) is 0 Å². The maximum absolute atomic E-state index is 11.0. The van der Waals surface area contributed by atoms with Crippen LogP contribution in [0.5, 0.6) is 0 Å².